The zero-order valence-corrected chi connectivity index (χ0v) is 23.6. The first kappa shape index (κ1) is 26.9. The summed E-state index contributed by atoms with van der Waals surface area (Å²) in [5, 5.41) is 12.3. The molecule has 0 atom stereocenters. The van der Waals surface area contributed by atoms with Crippen molar-refractivity contribution in [1.29, 1.82) is 5.26 Å². The normalized spacial score (nSPS) is 11.5. The molecule has 1 N–H and O–H groups in total. The maximum atomic E-state index is 12.4. The summed E-state index contributed by atoms with van der Waals surface area (Å²) in [7, 11) is 1.45. The molecule has 0 unspecified atom stereocenters. The summed E-state index contributed by atoms with van der Waals surface area (Å²) in [5.41, 5.74) is 6.46. The molecule has 3 aromatic carbocycles. The Morgan fingerprint density at radius 3 is 2.17 bits per heavy atom. The van der Waals surface area contributed by atoms with E-state index in [4.69, 9.17) is 10.00 Å². The molecule has 40 heavy (non-hydrogen) atoms. The molecule has 0 spiro atoms. The third kappa shape index (κ3) is 5.12. The van der Waals surface area contributed by atoms with E-state index in [1.54, 1.807) is 36.4 Å². The number of ether oxygens (including phenoxy) is 1. The quantitative estimate of drug-likeness (QED) is 0.267. The van der Waals surface area contributed by atoms with Gasteiger partial charge in [-0.15, -0.1) is 0 Å². The Hall–Kier alpha value is -4.72. The van der Waals surface area contributed by atoms with Gasteiger partial charge in [0.2, 0.25) is 21.9 Å². The molecular formula is C30H28N6O3S. The van der Waals surface area contributed by atoms with Crippen LogP contribution in [0.4, 0.5) is 11.6 Å². The van der Waals surface area contributed by atoms with E-state index < -0.39 is 10.0 Å². The molecule has 0 bridgehead atoms. The Morgan fingerprint density at radius 1 is 0.925 bits per heavy atom. The molecule has 202 valence electrons. The van der Waals surface area contributed by atoms with Gasteiger partial charge in [0.15, 0.2) is 0 Å². The van der Waals surface area contributed by atoms with E-state index in [2.05, 4.69) is 21.4 Å². The predicted molar refractivity (Wildman–Crippen MR) is 155 cm³/mol. The summed E-state index contributed by atoms with van der Waals surface area (Å²) >= 11 is 0. The molecule has 5 rings (SSSR count). The largest absolute Gasteiger partial charge is 0.436 e. The van der Waals surface area contributed by atoms with Crippen molar-refractivity contribution in [2.45, 2.75) is 18.7 Å². The molecule has 5 aromatic rings. The van der Waals surface area contributed by atoms with Gasteiger partial charge in [-0.25, -0.2) is 17.7 Å². The van der Waals surface area contributed by atoms with Crippen LogP contribution < -0.4 is 10.1 Å². The third-order valence-corrected chi connectivity index (χ3v) is 8.41. The van der Waals surface area contributed by atoms with E-state index in [1.165, 1.54) is 18.4 Å². The van der Waals surface area contributed by atoms with Crippen LogP contribution >= 0.6 is 0 Å². The van der Waals surface area contributed by atoms with Gasteiger partial charge < -0.3 is 14.6 Å². The molecule has 2 heterocycles. The second-order valence-electron chi connectivity index (χ2n) is 9.68. The minimum atomic E-state index is -3.50. The van der Waals surface area contributed by atoms with Crippen molar-refractivity contribution in [1.82, 2.24) is 18.8 Å². The average Bonchev–Trinajstić information content (AvgIpc) is 3.31. The van der Waals surface area contributed by atoms with Gasteiger partial charge in [0.25, 0.3) is 0 Å². The first-order valence-corrected chi connectivity index (χ1v) is 13.9. The molecular weight excluding hydrogens is 524 g/mol. The van der Waals surface area contributed by atoms with Crippen LogP contribution in [0.15, 0.2) is 77.8 Å². The number of hydrogen-bond donors (Lipinski definition) is 1. The molecule has 0 fully saturated rings. The number of benzene rings is 3. The zero-order valence-electron chi connectivity index (χ0n) is 22.8. The fourth-order valence-corrected chi connectivity index (χ4v) is 5.35. The van der Waals surface area contributed by atoms with Crippen molar-refractivity contribution in [2.24, 2.45) is 7.05 Å². The smallest absolute Gasteiger partial charge is 0.249 e. The van der Waals surface area contributed by atoms with Crippen molar-refractivity contribution < 1.29 is 13.2 Å². The summed E-state index contributed by atoms with van der Waals surface area (Å²) in [6.07, 6.45) is 1.90. The van der Waals surface area contributed by atoms with E-state index in [9.17, 15) is 8.42 Å². The number of rotatable bonds is 7. The van der Waals surface area contributed by atoms with E-state index in [1.807, 2.05) is 62.0 Å². The highest BCUT2D eigenvalue weighted by atomic mass is 32.2. The zero-order chi connectivity index (χ0) is 28.6. The van der Waals surface area contributed by atoms with Crippen molar-refractivity contribution in [3.05, 3.63) is 89.6 Å². The molecule has 9 nitrogen and oxygen atoms in total. The Morgan fingerprint density at radius 2 is 1.57 bits per heavy atom. The fourth-order valence-electron chi connectivity index (χ4n) is 4.44. The van der Waals surface area contributed by atoms with Crippen LogP contribution in [0.3, 0.4) is 0 Å². The number of fused-ring (bicyclic) bond motifs is 1. The number of aromatic nitrogens is 3. The Kier molecular flexibility index (Phi) is 7.02. The standard InChI is InChI=1S/C30H28N6O3S/c1-19-16-23(22-8-12-25(13-9-22)40(37,38)35(3)4)17-20(2)28(19)39-29-27-26(14-15-36(27)5)33-30(34-29)32-24-10-6-21(18-31)7-11-24/h6-17H,1-5H3,(H,32,33,34). The van der Waals surface area contributed by atoms with Crippen LogP contribution in [0, 0.1) is 25.2 Å². The highest BCUT2D eigenvalue weighted by Crippen LogP contribution is 2.36. The molecule has 0 radical (unpaired) electrons. The first-order valence-electron chi connectivity index (χ1n) is 12.5. The Labute approximate surface area is 233 Å². The van der Waals surface area contributed by atoms with Crippen LogP contribution in [0.1, 0.15) is 16.7 Å². The second-order valence-corrected chi connectivity index (χ2v) is 11.8. The number of nitrogens with one attached hydrogen (secondary N) is 1. The molecule has 0 saturated carbocycles. The molecule has 0 aliphatic rings. The maximum absolute atomic E-state index is 12.4. The molecule has 0 amide bonds. The SMILES string of the molecule is Cc1cc(-c2ccc(S(=O)(=O)N(C)C)cc2)cc(C)c1Oc1nc(Nc2ccc(C#N)cc2)nc2ccn(C)c12. The van der Waals surface area contributed by atoms with Crippen molar-refractivity contribution in [3.63, 3.8) is 0 Å². The van der Waals surface area contributed by atoms with E-state index in [0.717, 1.165) is 39.0 Å². The van der Waals surface area contributed by atoms with Crippen molar-refractivity contribution in [3.8, 4) is 28.8 Å². The lowest BCUT2D eigenvalue weighted by molar-refractivity contribution is 0.459. The summed E-state index contributed by atoms with van der Waals surface area (Å²) in [5.74, 6) is 1.46. The van der Waals surface area contributed by atoms with Gasteiger partial charge in [-0.1, -0.05) is 12.1 Å². The lowest BCUT2D eigenvalue weighted by Gasteiger charge is -2.16. The van der Waals surface area contributed by atoms with Crippen LogP contribution in [0.2, 0.25) is 0 Å². The maximum Gasteiger partial charge on any atom is 0.249 e. The van der Waals surface area contributed by atoms with Crippen molar-refractivity contribution >= 4 is 32.7 Å². The highest BCUT2D eigenvalue weighted by Gasteiger charge is 2.19. The minimum absolute atomic E-state index is 0.246. The molecule has 0 aliphatic heterocycles. The lowest BCUT2D eigenvalue weighted by Crippen LogP contribution is -2.22. The van der Waals surface area contributed by atoms with Gasteiger partial charge in [-0.3, -0.25) is 0 Å². The van der Waals surface area contributed by atoms with E-state index in [-0.39, 0.29) is 4.90 Å². The number of sulfonamides is 1. The van der Waals surface area contributed by atoms with Gasteiger partial charge in [0.1, 0.15) is 11.3 Å². The lowest BCUT2D eigenvalue weighted by atomic mass is 10.00. The summed E-state index contributed by atoms with van der Waals surface area (Å²) in [6.45, 7) is 3.94. The third-order valence-electron chi connectivity index (χ3n) is 6.58. The topological polar surface area (TPSA) is 113 Å². The van der Waals surface area contributed by atoms with Crippen LogP contribution in [0.25, 0.3) is 22.2 Å². The number of nitrogens with zero attached hydrogens (tertiary/aromatic N) is 5. The van der Waals surface area contributed by atoms with Gasteiger partial charge in [0.05, 0.1) is 22.0 Å². The van der Waals surface area contributed by atoms with Gasteiger partial charge in [0, 0.05) is 33.0 Å². The molecule has 0 saturated heterocycles. The van der Waals surface area contributed by atoms with Crippen molar-refractivity contribution in [2.75, 3.05) is 19.4 Å². The highest BCUT2D eigenvalue weighted by molar-refractivity contribution is 7.89. The number of aryl methyl sites for hydroxylation is 3. The van der Waals surface area contributed by atoms with Gasteiger partial charge in [-0.05, 0) is 90.7 Å². The molecule has 2 aromatic heterocycles. The number of hydrogen-bond acceptors (Lipinski definition) is 7. The summed E-state index contributed by atoms with van der Waals surface area (Å²) in [6, 6.07) is 21.9. The fraction of sp³-hybridized carbons (Fsp3) is 0.167. The van der Waals surface area contributed by atoms with E-state index in [0.29, 0.717) is 23.1 Å². The molecule has 10 heteroatoms. The van der Waals surface area contributed by atoms with Crippen LogP contribution in [-0.2, 0) is 17.1 Å². The predicted octanol–water partition coefficient (Wildman–Crippen LogP) is 5.91. The molecule has 0 aliphatic carbocycles. The minimum Gasteiger partial charge on any atom is -0.436 e. The van der Waals surface area contributed by atoms with Crippen LogP contribution in [-0.4, -0.2) is 41.4 Å². The van der Waals surface area contributed by atoms with Gasteiger partial charge >= 0.3 is 0 Å². The van der Waals surface area contributed by atoms with Gasteiger partial charge in [-0.2, -0.15) is 10.2 Å². The number of nitriles is 1. The summed E-state index contributed by atoms with van der Waals surface area (Å²) in [4.78, 5) is 9.57. The number of anilines is 2. The first-order chi connectivity index (χ1) is 19.1. The Bertz CT molecular complexity index is 1850. The monoisotopic (exact) mass is 552 g/mol. The Balaban J connectivity index is 1.48. The van der Waals surface area contributed by atoms with Crippen LogP contribution in [0.5, 0.6) is 11.6 Å². The summed E-state index contributed by atoms with van der Waals surface area (Å²) < 4.78 is 34.4. The second kappa shape index (κ2) is 10.4. The average molecular weight is 553 g/mol. The van der Waals surface area contributed by atoms with E-state index >= 15 is 0 Å².